The zero-order valence-corrected chi connectivity index (χ0v) is 21.9. The van der Waals surface area contributed by atoms with Crippen molar-refractivity contribution in [2.24, 2.45) is 0 Å². The second-order valence-electron chi connectivity index (χ2n) is 9.19. The Bertz CT molecular complexity index is 1010. The van der Waals surface area contributed by atoms with E-state index in [1.165, 1.54) is 24.8 Å². The molecular weight excluding hydrogens is 444 g/mol. The summed E-state index contributed by atoms with van der Waals surface area (Å²) in [6.07, 6.45) is 10.2. The van der Waals surface area contributed by atoms with Crippen LogP contribution in [-0.4, -0.2) is 40.3 Å². The zero-order valence-electron chi connectivity index (χ0n) is 21.9. The Balaban J connectivity index is 2.60. The maximum atomic E-state index is 12.2. The van der Waals surface area contributed by atoms with Gasteiger partial charge in [0, 0.05) is 11.1 Å². The normalized spacial score (nSPS) is 13.4. The van der Waals surface area contributed by atoms with Crippen LogP contribution in [0.15, 0.2) is 58.7 Å². The lowest BCUT2D eigenvalue weighted by Gasteiger charge is -2.10. The van der Waals surface area contributed by atoms with E-state index in [1.807, 2.05) is 32.9 Å². The van der Waals surface area contributed by atoms with Crippen LogP contribution in [0, 0.1) is 0 Å². The minimum absolute atomic E-state index is 0.00116. The summed E-state index contributed by atoms with van der Waals surface area (Å²) in [5, 5.41) is 30.3. The van der Waals surface area contributed by atoms with E-state index >= 15 is 0 Å². The highest BCUT2D eigenvalue weighted by atomic mass is 16.5. The Labute approximate surface area is 209 Å². The molecule has 0 bridgehead atoms. The predicted octanol–water partition coefficient (Wildman–Crippen LogP) is 5.65. The first kappa shape index (κ1) is 29.9. The number of carbonyl (C=O) groups excluding carboxylic acids is 2. The molecule has 0 saturated heterocycles. The summed E-state index contributed by atoms with van der Waals surface area (Å²) in [5.74, 6) is -0.741. The molecule has 3 N–H and O–H groups in total. The Hall–Kier alpha value is -3.12. The molecule has 0 aliphatic heterocycles. The molecule has 1 atom stereocenters. The van der Waals surface area contributed by atoms with E-state index in [2.05, 4.69) is 17.7 Å². The Morgan fingerprint density at radius 2 is 1.49 bits per heavy atom. The number of ether oxygens (including phenoxy) is 1. The fraction of sp³-hybridized carbons (Fsp3) is 0.448. The average molecular weight is 485 g/mol. The summed E-state index contributed by atoms with van der Waals surface area (Å²) in [7, 11) is 1.28. The van der Waals surface area contributed by atoms with Crippen molar-refractivity contribution < 1.29 is 29.6 Å². The molecule has 0 aromatic heterocycles. The molecule has 0 spiro atoms. The number of benzene rings is 1. The number of ketones is 1. The maximum absolute atomic E-state index is 12.2. The van der Waals surface area contributed by atoms with Gasteiger partial charge < -0.3 is 20.1 Å². The minimum atomic E-state index is -1.08. The molecule has 0 unspecified atom stereocenters. The lowest BCUT2D eigenvalue weighted by molar-refractivity contribution is -0.139. The maximum Gasteiger partial charge on any atom is 0.310 e. The fourth-order valence-electron chi connectivity index (χ4n) is 3.54. The van der Waals surface area contributed by atoms with Crippen LogP contribution in [0.1, 0.15) is 71.4 Å². The van der Waals surface area contributed by atoms with Gasteiger partial charge in [0.1, 0.15) is 17.6 Å². The third-order valence-electron chi connectivity index (χ3n) is 5.65. The lowest BCUT2D eigenvalue weighted by Crippen LogP contribution is -2.18. The third-order valence-corrected chi connectivity index (χ3v) is 5.65. The number of phenolic OH excluding ortho intramolecular Hbond substituents is 2. The number of rotatable bonds is 13. The van der Waals surface area contributed by atoms with Crippen molar-refractivity contribution in [2.75, 3.05) is 7.11 Å². The smallest absolute Gasteiger partial charge is 0.310 e. The van der Waals surface area contributed by atoms with E-state index in [1.54, 1.807) is 13.0 Å². The second kappa shape index (κ2) is 15.0. The molecule has 0 aliphatic rings. The van der Waals surface area contributed by atoms with Crippen LogP contribution in [0.3, 0.4) is 0 Å². The topological polar surface area (TPSA) is 104 Å². The van der Waals surface area contributed by atoms with Crippen molar-refractivity contribution in [1.29, 1.82) is 0 Å². The van der Waals surface area contributed by atoms with Crippen LogP contribution in [0.4, 0.5) is 0 Å². The second-order valence-corrected chi connectivity index (χ2v) is 9.19. The summed E-state index contributed by atoms with van der Waals surface area (Å²) in [5.41, 5.74) is 4.77. The summed E-state index contributed by atoms with van der Waals surface area (Å²) in [6, 6.07) is 2.88. The number of aliphatic hydroxyl groups excluding tert-OH is 1. The molecule has 6 heteroatoms. The van der Waals surface area contributed by atoms with E-state index in [9.17, 15) is 24.9 Å². The SMILES string of the molecule is COC(=O)Cc1cc(O)cc(CC=C(C)CCC=C(C)CCC=C(C)C(=O)[C@@H](O)C=C(C)C)c1O. The number of Topliss-reactive ketones (excluding diaryl/α,β-unsaturated/α-hetero) is 1. The minimum Gasteiger partial charge on any atom is -0.508 e. The van der Waals surface area contributed by atoms with Crippen LogP contribution in [0.5, 0.6) is 11.5 Å². The van der Waals surface area contributed by atoms with Gasteiger partial charge in [0.25, 0.3) is 0 Å². The number of carbonyl (C=O) groups is 2. The molecule has 192 valence electrons. The largest absolute Gasteiger partial charge is 0.508 e. The third kappa shape index (κ3) is 11.2. The van der Waals surface area contributed by atoms with Crippen molar-refractivity contribution in [3.8, 4) is 11.5 Å². The van der Waals surface area contributed by atoms with Crippen molar-refractivity contribution in [3.63, 3.8) is 0 Å². The molecular formula is C29H40O6. The zero-order chi connectivity index (χ0) is 26.5. The summed E-state index contributed by atoms with van der Waals surface area (Å²) in [6.45, 7) is 9.52. The van der Waals surface area contributed by atoms with Crippen LogP contribution < -0.4 is 0 Å². The molecule has 0 heterocycles. The monoisotopic (exact) mass is 484 g/mol. The van der Waals surface area contributed by atoms with Gasteiger partial charge in [0.15, 0.2) is 5.78 Å². The first-order valence-electron chi connectivity index (χ1n) is 11.9. The van der Waals surface area contributed by atoms with Crippen molar-refractivity contribution >= 4 is 11.8 Å². The van der Waals surface area contributed by atoms with Crippen LogP contribution in [0.2, 0.25) is 0 Å². The molecule has 1 aromatic rings. The number of hydrogen-bond donors (Lipinski definition) is 3. The van der Waals surface area contributed by atoms with Gasteiger partial charge in [-0.05, 0) is 90.5 Å². The fourth-order valence-corrected chi connectivity index (χ4v) is 3.54. The first-order chi connectivity index (χ1) is 16.4. The molecule has 0 aliphatic carbocycles. The molecule has 35 heavy (non-hydrogen) atoms. The van der Waals surface area contributed by atoms with E-state index in [4.69, 9.17) is 0 Å². The molecule has 0 saturated carbocycles. The highest BCUT2D eigenvalue weighted by Gasteiger charge is 2.14. The standard InChI is InChI=1S/C29H40O6/c1-19(2)15-26(31)28(33)22(5)12-8-11-20(3)9-7-10-21(4)13-14-23-16-25(30)17-24(29(23)34)18-27(32)35-6/h9,12-13,15-17,26,30-31,34H,7-8,10-11,14,18H2,1-6H3/t26-/m0/s1. The van der Waals surface area contributed by atoms with E-state index < -0.39 is 12.1 Å². The van der Waals surface area contributed by atoms with Gasteiger partial charge in [-0.1, -0.05) is 34.9 Å². The average Bonchev–Trinajstić information content (AvgIpc) is 2.78. The Morgan fingerprint density at radius 1 is 0.914 bits per heavy atom. The number of allylic oxidation sites excluding steroid dienone is 6. The number of aliphatic hydroxyl groups is 1. The molecule has 0 amide bonds. The summed E-state index contributed by atoms with van der Waals surface area (Å²) >= 11 is 0. The summed E-state index contributed by atoms with van der Waals surface area (Å²) < 4.78 is 4.64. The molecule has 1 rings (SSSR count). The first-order valence-corrected chi connectivity index (χ1v) is 11.9. The van der Waals surface area contributed by atoms with Crippen LogP contribution in [0.25, 0.3) is 0 Å². The molecule has 0 fully saturated rings. The number of aromatic hydroxyl groups is 2. The van der Waals surface area contributed by atoms with Crippen LogP contribution >= 0.6 is 0 Å². The van der Waals surface area contributed by atoms with E-state index in [-0.39, 0.29) is 23.7 Å². The Kier molecular flexibility index (Phi) is 12.8. The van der Waals surface area contributed by atoms with Gasteiger partial charge >= 0.3 is 5.97 Å². The van der Waals surface area contributed by atoms with Gasteiger partial charge in [0.2, 0.25) is 0 Å². The van der Waals surface area contributed by atoms with Gasteiger partial charge in [-0.3, -0.25) is 9.59 Å². The highest BCUT2D eigenvalue weighted by Crippen LogP contribution is 2.29. The number of esters is 1. The van der Waals surface area contributed by atoms with Crippen LogP contribution in [-0.2, 0) is 27.2 Å². The molecule has 6 nitrogen and oxygen atoms in total. The van der Waals surface area contributed by atoms with Crippen molar-refractivity contribution in [2.45, 2.75) is 79.2 Å². The lowest BCUT2D eigenvalue weighted by atomic mass is 10.0. The van der Waals surface area contributed by atoms with Crippen molar-refractivity contribution in [3.05, 3.63) is 69.9 Å². The molecule has 1 aromatic carbocycles. The quantitative estimate of drug-likeness (QED) is 0.145. The van der Waals surface area contributed by atoms with Gasteiger partial charge in [-0.25, -0.2) is 0 Å². The van der Waals surface area contributed by atoms with Gasteiger partial charge in [-0.15, -0.1) is 0 Å². The Morgan fingerprint density at radius 3 is 2.09 bits per heavy atom. The van der Waals surface area contributed by atoms with Gasteiger partial charge in [0.05, 0.1) is 13.5 Å². The summed E-state index contributed by atoms with van der Waals surface area (Å²) in [4.78, 5) is 23.7. The number of phenols is 2. The predicted molar refractivity (Wildman–Crippen MR) is 139 cm³/mol. The van der Waals surface area contributed by atoms with Gasteiger partial charge in [-0.2, -0.15) is 0 Å². The van der Waals surface area contributed by atoms with E-state index in [0.717, 1.165) is 36.8 Å². The number of methoxy groups -OCH3 is 1. The highest BCUT2D eigenvalue weighted by molar-refractivity contribution is 5.99. The van der Waals surface area contributed by atoms with E-state index in [0.29, 0.717) is 23.1 Å². The number of hydrogen-bond acceptors (Lipinski definition) is 6. The molecule has 0 radical (unpaired) electrons. The van der Waals surface area contributed by atoms with Crippen molar-refractivity contribution in [1.82, 2.24) is 0 Å².